The summed E-state index contributed by atoms with van der Waals surface area (Å²) in [6.07, 6.45) is 1.10. The Hall–Kier alpha value is -2.53. The van der Waals surface area contributed by atoms with E-state index < -0.39 is 0 Å². The average molecular weight is 339 g/mol. The van der Waals surface area contributed by atoms with Crippen LogP contribution in [0.3, 0.4) is 0 Å². The summed E-state index contributed by atoms with van der Waals surface area (Å²) in [4.78, 5) is 29.2. The molecule has 1 aliphatic carbocycles. The van der Waals surface area contributed by atoms with Crippen molar-refractivity contribution in [3.8, 4) is 11.5 Å². The molecule has 0 fully saturated rings. The molecule has 0 saturated heterocycles. The Kier molecular flexibility index (Phi) is 4.68. The van der Waals surface area contributed by atoms with Crippen LogP contribution < -0.4 is 5.43 Å². The molecule has 0 N–H and O–H groups in total. The van der Waals surface area contributed by atoms with Crippen LogP contribution in [0.2, 0.25) is 0 Å². The number of rotatable bonds is 5. The van der Waals surface area contributed by atoms with Gasteiger partial charge < -0.3 is 9.15 Å². The van der Waals surface area contributed by atoms with Gasteiger partial charge in [-0.2, -0.15) is 0 Å². The summed E-state index contributed by atoms with van der Waals surface area (Å²) in [5, 5.41) is 0. The molecule has 0 radical (unpaired) electrons. The second kappa shape index (κ2) is 6.76. The number of ether oxygens (including phenoxy) is 1. The number of aromatic nitrogens is 1. The molecule has 0 aromatic heterocycles. The van der Waals surface area contributed by atoms with Crippen molar-refractivity contribution in [2.24, 2.45) is 0 Å². The number of benzene rings is 2. The summed E-state index contributed by atoms with van der Waals surface area (Å²) < 4.78 is 11.0. The summed E-state index contributed by atoms with van der Waals surface area (Å²) in [7, 11) is 1.62. The van der Waals surface area contributed by atoms with Crippen LogP contribution in [-0.4, -0.2) is 24.5 Å². The molecule has 25 heavy (non-hydrogen) atoms. The first-order chi connectivity index (χ1) is 11.9. The number of carbonyl (C=O) groups is 1. The Morgan fingerprint density at radius 2 is 1.92 bits per heavy atom. The quantitative estimate of drug-likeness (QED) is 0.401. The monoisotopic (exact) mass is 339 g/mol. The molecule has 1 aromatic carbocycles. The number of carbonyl (C=O) groups excluding carboxylic acids is 1. The molecule has 1 heterocycles. The zero-order valence-electron chi connectivity index (χ0n) is 14.9. The van der Waals surface area contributed by atoms with Gasteiger partial charge in [-0.3, -0.25) is 9.59 Å². The summed E-state index contributed by atoms with van der Waals surface area (Å²) in [6.45, 7) is 5.98. The highest BCUT2D eigenvalue weighted by Gasteiger charge is 2.20. The molecule has 0 saturated carbocycles. The van der Waals surface area contributed by atoms with Gasteiger partial charge in [-0.15, -0.1) is 0 Å². The molecule has 0 unspecified atom stereocenters. The van der Waals surface area contributed by atoms with Crippen LogP contribution in [0, 0.1) is 20.8 Å². The molecule has 0 amide bonds. The van der Waals surface area contributed by atoms with Crippen molar-refractivity contribution in [2.45, 2.75) is 33.6 Å². The highest BCUT2D eigenvalue weighted by molar-refractivity contribution is 5.98. The lowest BCUT2D eigenvalue weighted by atomic mass is 9.99. The molecule has 2 aliphatic rings. The third-order valence-electron chi connectivity index (χ3n) is 4.63. The molecule has 1 aliphatic heterocycles. The normalized spacial score (nSPS) is 11.4. The van der Waals surface area contributed by atoms with E-state index in [1.165, 1.54) is 0 Å². The van der Waals surface area contributed by atoms with Crippen molar-refractivity contribution in [1.82, 2.24) is 4.98 Å². The summed E-state index contributed by atoms with van der Waals surface area (Å²) in [5.74, 6) is 0.528. The minimum atomic E-state index is -0.0262. The highest BCUT2D eigenvalue weighted by atomic mass is 16.5. The first-order valence-electron chi connectivity index (χ1n) is 8.30. The lowest BCUT2D eigenvalue weighted by Crippen LogP contribution is -2.14. The van der Waals surface area contributed by atoms with E-state index in [9.17, 15) is 9.59 Å². The molecular formula is C20H21NO4. The Balaban J connectivity index is 2.12. The van der Waals surface area contributed by atoms with Gasteiger partial charge in [0.05, 0.1) is 0 Å². The Morgan fingerprint density at radius 3 is 2.64 bits per heavy atom. The van der Waals surface area contributed by atoms with Crippen molar-refractivity contribution in [3.05, 3.63) is 50.7 Å². The fraction of sp³-hybridized carbons (Fsp3) is 0.350. The van der Waals surface area contributed by atoms with Gasteiger partial charge in [0.25, 0.3) is 0 Å². The zero-order chi connectivity index (χ0) is 18.1. The smallest absolute Gasteiger partial charge is 0.188 e. The highest BCUT2D eigenvalue weighted by Crippen LogP contribution is 2.30. The molecule has 5 heteroatoms. The third kappa shape index (κ3) is 3.07. The van der Waals surface area contributed by atoms with E-state index in [4.69, 9.17) is 9.15 Å². The van der Waals surface area contributed by atoms with E-state index >= 15 is 0 Å². The van der Waals surface area contributed by atoms with Gasteiger partial charge in [-0.1, -0.05) is 0 Å². The maximum atomic E-state index is 12.3. The number of hydrogen-bond acceptors (Lipinski definition) is 5. The second-order valence-electron chi connectivity index (χ2n) is 6.30. The van der Waals surface area contributed by atoms with Crippen molar-refractivity contribution in [1.29, 1.82) is 0 Å². The maximum absolute atomic E-state index is 12.3. The van der Waals surface area contributed by atoms with Gasteiger partial charge in [0.2, 0.25) is 0 Å². The van der Waals surface area contributed by atoms with Crippen LogP contribution in [0.4, 0.5) is 0 Å². The molecule has 0 spiro atoms. The van der Waals surface area contributed by atoms with Gasteiger partial charge in [0.15, 0.2) is 22.6 Å². The maximum Gasteiger partial charge on any atom is 0.188 e. The largest absolute Gasteiger partial charge is 0.452 e. The van der Waals surface area contributed by atoms with E-state index in [-0.39, 0.29) is 11.2 Å². The number of nitrogens with zero attached hydrogens (tertiary/aromatic N) is 1. The van der Waals surface area contributed by atoms with Crippen LogP contribution in [0.25, 0.3) is 22.6 Å². The number of hydrogen-bond donors (Lipinski definition) is 0. The fourth-order valence-corrected chi connectivity index (χ4v) is 2.95. The minimum Gasteiger partial charge on any atom is -0.452 e. The first kappa shape index (κ1) is 17.3. The lowest BCUT2D eigenvalue weighted by molar-refractivity contribution is 0.0963. The van der Waals surface area contributed by atoms with Gasteiger partial charge in [0, 0.05) is 36.8 Å². The molecular weight excluding hydrogens is 318 g/mol. The number of fused-ring (bicyclic) bond motifs is 2. The summed E-state index contributed by atoms with van der Waals surface area (Å²) in [5.41, 5.74) is 4.50. The summed E-state index contributed by atoms with van der Waals surface area (Å²) >= 11 is 0. The SMILES string of the molecule is COCCCC(=O)c1ccc2nc3c(C)c(C)c(=O)c(C)c-3oc2c1. The standard InChI is InChI=1S/C20H21NO4/c1-11-12(2)19(23)13(3)20-18(11)21-15-8-7-14(10-17(15)25-20)16(22)6-5-9-24-4/h7-8,10H,5-6,9H2,1-4H3. The topological polar surface area (TPSA) is 69.4 Å². The molecule has 1 aromatic rings. The van der Waals surface area contributed by atoms with Crippen LogP contribution in [0.15, 0.2) is 27.4 Å². The predicted octanol–water partition coefficient (Wildman–Crippen LogP) is 3.83. The molecule has 0 atom stereocenters. The van der Waals surface area contributed by atoms with Gasteiger partial charge in [-0.25, -0.2) is 4.98 Å². The van der Waals surface area contributed by atoms with Gasteiger partial charge >= 0.3 is 0 Å². The summed E-state index contributed by atoms with van der Waals surface area (Å²) in [6, 6.07) is 5.26. The molecule has 130 valence electrons. The van der Waals surface area contributed by atoms with Crippen LogP contribution in [0.1, 0.15) is 39.9 Å². The fourth-order valence-electron chi connectivity index (χ4n) is 2.95. The predicted molar refractivity (Wildman–Crippen MR) is 96.6 cm³/mol. The number of methoxy groups -OCH3 is 1. The van der Waals surface area contributed by atoms with Gasteiger partial charge in [-0.05, 0) is 51.0 Å². The van der Waals surface area contributed by atoms with Crippen molar-refractivity contribution >= 4 is 16.9 Å². The van der Waals surface area contributed by atoms with E-state index in [0.717, 1.165) is 5.56 Å². The number of ketones is 1. The van der Waals surface area contributed by atoms with E-state index in [0.29, 0.717) is 58.7 Å². The van der Waals surface area contributed by atoms with E-state index in [1.54, 1.807) is 39.2 Å². The third-order valence-corrected chi connectivity index (χ3v) is 4.63. The Labute approximate surface area is 146 Å². The second-order valence-corrected chi connectivity index (χ2v) is 6.30. The van der Waals surface area contributed by atoms with Crippen LogP contribution in [0.5, 0.6) is 0 Å². The average Bonchev–Trinajstić information content (AvgIpc) is 2.63. The minimum absolute atomic E-state index is 0.0262. The van der Waals surface area contributed by atoms with Crippen molar-refractivity contribution in [2.75, 3.05) is 13.7 Å². The lowest BCUT2D eigenvalue weighted by Gasteiger charge is -2.13. The Bertz CT molecular complexity index is 987. The first-order valence-corrected chi connectivity index (χ1v) is 8.30. The van der Waals surface area contributed by atoms with E-state index in [2.05, 4.69) is 4.98 Å². The zero-order valence-corrected chi connectivity index (χ0v) is 14.9. The molecule has 3 rings (SSSR count). The van der Waals surface area contributed by atoms with Crippen molar-refractivity contribution in [3.63, 3.8) is 0 Å². The molecule has 5 nitrogen and oxygen atoms in total. The van der Waals surface area contributed by atoms with Crippen LogP contribution >= 0.6 is 0 Å². The molecule has 0 bridgehead atoms. The number of Topliss-reactive ketones (excluding diaryl/α,β-unsaturated/α-hetero) is 1. The van der Waals surface area contributed by atoms with Crippen LogP contribution in [-0.2, 0) is 4.74 Å². The Morgan fingerprint density at radius 1 is 1.16 bits per heavy atom. The van der Waals surface area contributed by atoms with Crippen molar-refractivity contribution < 1.29 is 13.9 Å². The van der Waals surface area contributed by atoms with E-state index in [1.807, 2.05) is 6.92 Å². The van der Waals surface area contributed by atoms with Gasteiger partial charge in [0.1, 0.15) is 11.2 Å².